The van der Waals surface area contributed by atoms with Gasteiger partial charge >= 0.3 is 0 Å². The zero-order chi connectivity index (χ0) is 14.6. The number of hydrogen-bond donors (Lipinski definition) is 1. The molecule has 0 heterocycles. The van der Waals surface area contributed by atoms with Gasteiger partial charge in [0.25, 0.3) is 5.91 Å². The number of benzene rings is 2. The second kappa shape index (κ2) is 6.27. The number of rotatable bonds is 5. The van der Waals surface area contributed by atoms with E-state index in [0.717, 1.165) is 23.6 Å². The van der Waals surface area contributed by atoms with Crippen LogP contribution in [0.2, 0.25) is 0 Å². The molecule has 0 fully saturated rings. The van der Waals surface area contributed by atoms with E-state index < -0.39 is 0 Å². The van der Waals surface area contributed by atoms with Crippen LogP contribution in [0.1, 0.15) is 37.0 Å². The highest BCUT2D eigenvalue weighted by Gasteiger charge is 2.24. The minimum Gasteiger partial charge on any atom is -0.347 e. The molecule has 2 rings (SSSR count). The summed E-state index contributed by atoms with van der Waals surface area (Å²) in [5.74, 6) is 0.507. The van der Waals surface area contributed by atoms with Gasteiger partial charge in [-0.25, -0.2) is 0 Å². The molecule has 1 unspecified atom stereocenters. The number of alkyl halides is 1. The van der Waals surface area contributed by atoms with Gasteiger partial charge in [0.15, 0.2) is 0 Å². The van der Waals surface area contributed by atoms with Gasteiger partial charge in [0.05, 0.1) is 0 Å². The van der Waals surface area contributed by atoms with E-state index in [2.05, 4.69) is 12.2 Å². The van der Waals surface area contributed by atoms with Gasteiger partial charge in [-0.15, -0.1) is 11.6 Å². The first-order valence-electron chi connectivity index (χ1n) is 6.95. The molecule has 0 spiro atoms. The molecule has 0 aliphatic rings. The standard InChI is InChI=1S/C17H20ClNO/c1-3-17(2,10-11-18)19-16(20)15-9-8-13-6-4-5-7-14(13)12-15/h4-9,12H,3,10-11H2,1-2H3,(H,19,20). The van der Waals surface area contributed by atoms with Gasteiger partial charge in [-0.3, -0.25) is 4.79 Å². The Morgan fingerprint density at radius 2 is 1.90 bits per heavy atom. The minimum atomic E-state index is -0.246. The molecular formula is C17H20ClNO. The van der Waals surface area contributed by atoms with E-state index in [1.54, 1.807) is 0 Å². The van der Waals surface area contributed by atoms with Gasteiger partial charge < -0.3 is 5.32 Å². The summed E-state index contributed by atoms with van der Waals surface area (Å²) in [6, 6.07) is 13.8. The second-order valence-electron chi connectivity index (χ2n) is 5.37. The quantitative estimate of drug-likeness (QED) is 0.814. The summed E-state index contributed by atoms with van der Waals surface area (Å²) in [5.41, 5.74) is 0.447. The molecule has 0 aliphatic heterocycles. The molecule has 0 radical (unpaired) electrons. The maximum atomic E-state index is 12.4. The molecule has 1 amide bonds. The van der Waals surface area contributed by atoms with Gasteiger partial charge in [0.1, 0.15) is 0 Å². The van der Waals surface area contributed by atoms with Gasteiger partial charge in [-0.05, 0) is 42.7 Å². The lowest BCUT2D eigenvalue weighted by molar-refractivity contribution is 0.0901. The Morgan fingerprint density at radius 3 is 2.55 bits per heavy atom. The van der Waals surface area contributed by atoms with Crippen molar-refractivity contribution < 1.29 is 4.79 Å². The number of amides is 1. The number of carbonyl (C=O) groups is 1. The predicted octanol–water partition coefficient (Wildman–Crippen LogP) is 4.37. The molecule has 1 atom stereocenters. The number of nitrogens with one attached hydrogen (secondary N) is 1. The first kappa shape index (κ1) is 14.9. The molecule has 2 nitrogen and oxygen atoms in total. The van der Waals surface area contributed by atoms with Crippen molar-refractivity contribution in [2.45, 2.75) is 32.2 Å². The number of fused-ring (bicyclic) bond motifs is 1. The number of halogens is 1. The highest BCUT2D eigenvalue weighted by Crippen LogP contribution is 2.19. The van der Waals surface area contributed by atoms with E-state index in [4.69, 9.17) is 11.6 Å². The maximum Gasteiger partial charge on any atom is 0.251 e. The zero-order valence-electron chi connectivity index (χ0n) is 11.9. The summed E-state index contributed by atoms with van der Waals surface area (Å²) in [5, 5.41) is 5.32. The fourth-order valence-electron chi connectivity index (χ4n) is 2.21. The molecule has 20 heavy (non-hydrogen) atoms. The fraction of sp³-hybridized carbons (Fsp3) is 0.353. The highest BCUT2D eigenvalue weighted by atomic mass is 35.5. The SMILES string of the molecule is CCC(C)(CCCl)NC(=O)c1ccc2ccccc2c1. The van der Waals surface area contributed by atoms with Gasteiger partial charge in [0.2, 0.25) is 0 Å². The molecule has 0 aromatic heterocycles. The summed E-state index contributed by atoms with van der Waals surface area (Å²) in [4.78, 5) is 12.4. The van der Waals surface area contributed by atoms with Crippen LogP contribution in [0.15, 0.2) is 42.5 Å². The molecular weight excluding hydrogens is 270 g/mol. The maximum absolute atomic E-state index is 12.4. The average molecular weight is 290 g/mol. The van der Waals surface area contributed by atoms with Crippen LogP contribution in [0.3, 0.4) is 0 Å². The smallest absolute Gasteiger partial charge is 0.251 e. The van der Waals surface area contributed by atoms with Crippen LogP contribution >= 0.6 is 11.6 Å². The van der Waals surface area contributed by atoms with Crippen LogP contribution in [0.25, 0.3) is 10.8 Å². The Balaban J connectivity index is 2.22. The molecule has 0 saturated carbocycles. The van der Waals surface area contributed by atoms with Crippen molar-refractivity contribution in [2.75, 3.05) is 5.88 Å². The van der Waals surface area contributed by atoms with Gasteiger partial charge in [0, 0.05) is 17.0 Å². The fourth-order valence-corrected chi connectivity index (χ4v) is 2.63. The molecule has 0 saturated heterocycles. The summed E-state index contributed by atoms with van der Waals surface area (Å²) < 4.78 is 0. The molecule has 0 aliphatic carbocycles. The van der Waals surface area contributed by atoms with E-state index in [0.29, 0.717) is 11.4 Å². The normalized spacial score (nSPS) is 13.9. The Labute approximate surface area is 125 Å². The average Bonchev–Trinajstić information content (AvgIpc) is 2.47. The Bertz CT molecular complexity index is 611. The van der Waals surface area contributed by atoms with Crippen LogP contribution in [-0.2, 0) is 0 Å². The highest BCUT2D eigenvalue weighted by molar-refractivity contribution is 6.17. The third-order valence-electron chi connectivity index (χ3n) is 3.85. The molecule has 106 valence electrons. The predicted molar refractivity (Wildman–Crippen MR) is 85.4 cm³/mol. The van der Waals surface area contributed by atoms with E-state index >= 15 is 0 Å². The lowest BCUT2D eigenvalue weighted by Gasteiger charge is -2.29. The van der Waals surface area contributed by atoms with E-state index in [1.807, 2.05) is 49.4 Å². The van der Waals surface area contributed by atoms with E-state index in [9.17, 15) is 4.79 Å². The van der Waals surface area contributed by atoms with E-state index in [-0.39, 0.29) is 11.4 Å². The first-order chi connectivity index (χ1) is 9.58. The zero-order valence-corrected chi connectivity index (χ0v) is 12.7. The Hall–Kier alpha value is -1.54. The van der Waals surface area contributed by atoms with Crippen molar-refractivity contribution in [3.63, 3.8) is 0 Å². The van der Waals surface area contributed by atoms with Crippen LogP contribution in [0.5, 0.6) is 0 Å². The summed E-state index contributed by atoms with van der Waals surface area (Å²) in [7, 11) is 0. The van der Waals surface area contributed by atoms with E-state index in [1.165, 1.54) is 0 Å². The van der Waals surface area contributed by atoms with Crippen molar-refractivity contribution in [2.24, 2.45) is 0 Å². The van der Waals surface area contributed by atoms with Crippen molar-refractivity contribution >= 4 is 28.3 Å². The summed E-state index contributed by atoms with van der Waals surface area (Å²) in [6.07, 6.45) is 1.63. The summed E-state index contributed by atoms with van der Waals surface area (Å²) in [6.45, 7) is 4.10. The summed E-state index contributed by atoms with van der Waals surface area (Å²) >= 11 is 5.82. The number of carbonyl (C=O) groups excluding carboxylic acids is 1. The largest absolute Gasteiger partial charge is 0.347 e. The monoisotopic (exact) mass is 289 g/mol. The van der Waals surface area contributed by atoms with Crippen LogP contribution < -0.4 is 5.32 Å². The third kappa shape index (κ3) is 3.31. The topological polar surface area (TPSA) is 29.1 Å². The molecule has 3 heteroatoms. The van der Waals surface area contributed by atoms with Crippen LogP contribution in [0, 0.1) is 0 Å². The second-order valence-corrected chi connectivity index (χ2v) is 5.75. The minimum absolute atomic E-state index is 0.0368. The lowest BCUT2D eigenvalue weighted by Crippen LogP contribution is -2.45. The van der Waals surface area contributed by atoms with Crippen molar-refractivity contribution in [3.05, 3.63) is 48.0 Å². The third-order valence-corrected chi connectivity index (χ3v) is 4.04. The van der Waals surface area contributed by atoms with Crippen molar-refractivity contribution in [1.29, 1.82) is 0 Å². The molecule has 2 aromatic carbocycles. The van der Waals surface area contributed by atoms with Crippen molar-refractivity contribution in [1.82, 2.24) is 5.32 Å². The Kier molecular flexibility index (Phi) is 4.66. The van der Waals surface area contributed by atoms with Gasteiger partial charge in [-0.1, -0.05) is 37.3 Å². The van der Waals surface area contributed by atoms with Crippen LogP contribution in [-0.4, -0.2) is 17.3 Å². The lowest BCUT2D eigenvalue weighted by atomic mass is 9.94. The van der Waals surface area contributed by atoms with Gasteiger partial charge in [-0.2, -0.15) is 0 Å². The molecule has 2 aromatic rings. The first-order valence-corrected chi connectivity index (χ1v) is 7.49. The van der Waals surface area contributed by atoms with Crippen molar-refractivity contribution in [3.8, 4) is 0 Å². The molecule has 1 N–H and O–H groups in total. The number of hydrogen-bond acceptors (Lipinski definition) is 1. The molecule has 0 bridgehead atoms. The van der Waals surface area contributed by atoms with Crippen LogP contribution in [0.4, 0.5) is 0 Å². The Morgan fingerprint density at radius 1 is 1.20 bits per heavy atom.